The molecular weight excluding hydrogens is 2390 g/mol. The van der Waals surface area contributed by atoms with Crippen molar-refractivity contribution in [3.05, 3.63) is 367 Å². The van der Waals surface area contributed by atoms with Gasteiger partial charge in [0.2, 0.25) is 0 Å². The van der Waals surface area contributed by atoms with E-state index in [2.05, 4.69) is 262 Å². The molecule has 0 bridgehead atoms. The second-order valence-corrected chi connectivity index (χ2v) is 79.5. The topological polar surface area (TPSA) is 150 Å². The van der Waals surface area contributed by atoms with Gasteiger partial charge in [0, 0.05) is 0 Å². The van der Waals surface area contributed by atoms with Gasteiger partial charge in [-0.1, -0.05) is 0 Å². The third-order valence-corrected chi connectivity index (χ3v) is 78.2. The van der Waals surface area contributed by atoms with Crippen LogP contribution >= 0.6 is 45.3 Å². The quantitative estimate of drug-likeness (QED) is 0.0809. The molecule has 0 amide bonds. The summed E-state index contributed by atoms with van der Waals surface area (Å²) in [5, 5.41) is 26.3. The van der Waals surface area contributed by atoms with Gasteiger partial charge in [-0.3, -0.25) is 0 Å². The van der Waals surface area contributed by atoms with Crippen LogP contribution in [-0.4, -0.2) is 171 Å². The van der Waals surface area contributed by atoms with Crippen molar-refractivity contribution in [1.82, 2.24) is 0 Å². The summed E-state index contributed by atoms with van der Waals surface area (Å²) in [5.41, 5.74) is 16.8. The summed E-state index contributed by atoms with van der Waals surface area (Å²) in [4.78, 5) is 112. The van der Waals surface area contributed by atoms with E-state index in [1.54, 1.807) is 81.4 Å². The van der Waals surface area contributed by atoms with Crippen LogP contribution in [0.2, 0.25) is 45.2 Å². The molecule has 12 aliphatic rings. The minimum atomic E-state index is -2.42. The number of hydrogen-bond acceptors (Lipinski definition) is 16. The van der Waals surface area contributed by atoms with Crippen LogP contribution in [0.4, 0.5) is 60.3 Å². The molecule has 676 valence electrons. The second-order valence-electron chi connectivity index (χ2n) is 37.7. The summed E-state index contributed by atoms with van der Waals surface area (Å²) in [6, 6.07) is 95.6. The molecule has 0 atom stereocenters. The fourth-order valence-electron chi connectivity index (χ4n) is 24.5. The van der Waals surface area contributed by atoms with Crippen molar-refractivity contribution >= 4 is 339 Å². The number of ketones is 8. The SMILES string of the molecule is O=C1C(=Cc2ccc(N3c4cccc[c]4[Ge]4([CH2]CCC[CH2]4)[c]4ccccc43)[te]2)C(=O)c2cscc21.O=C1C(=Cc2ccc(N3c4cccc[c]4[Ge]4([CH2]CC[CH2]4)[c]4ccccc43)[te]2)C(=O)c2cscc21.O=C1C(=Cc2ccc(N3c4ccccc4[Si]4(CCCC4)c4ccccc43)[te]2)C(=O)c2cscc21.O=C1C(=Cc2ccc(N3c4ccccc4[Si]4(CCCCC4)c4ccccc43)[te]2)C(=O)c2cscc21. The van der Waals surface area contributed by atoms with Gasteiger partial charge in [-0.15, -0.1) is 0 Å². The molecule has 0 saturated carbocycles. The molecule has 16 heterocycles. The van der Waals surface area contributed by atoms with E-state index in [4.69, 9.17) is 0 Å². The molecule has 0 radical (unpaired) electrons. The predicted octanol–water partition coefficient (Wildman–Crippen LogP) is 22.4. The first-order chi connectivity index (χ1) is 67.7. The summed E-state index contributed by atoms with van der Waals surface area (Å²) >= 11 is -2.10. The van der Waals surface area contributed by atoms with Crippen molar-refractivity contribution in [2.75, 3.05) is 19.6 Å². The van der Waals surface area contributed by atoms with E-state index in [-0.39, 0.29) is 46.3 Å². The second kappa shape index (κ2) is 36.6. The Kier molecular flexibility index (Phi) is 23.9. The van der Waals surface area contributed by atoms with Gasteiger partial charge in [0.15, 0.2) is 0 Å². The number of carbonyl (C=O) groups is 8. The number of rotatable bonds is 8. The maximum atomic E-state index is 12.8. The molecule has 24 heteroatoms. The molecule has 8 aromatic carbocycles. The number of para-hydroxylation sites is 8. The fourth-order valence-corrected chi connectivity index (χ4v) is 73.1. The number of hydrogen-bond donors (Lipinski definition) is 0. The van der Waals surface area contributed by atoms with Gasteiger partial charge in [0.25, 0.3) is 0 Å². The number of carbonyl (C=O) groups excluding carboxylic acids is 8. The zero-order chi connectivity index (χ0) is 92.9. The molecule has 0 N–H and O–H groups in total. The molecule has 0 unspecified atom stereocenters. The number of thiophene rings is 4. The Bertz CT molecular complexity index is 7190. The average molecular weight is 2480 g/mol. The zero-order valence-corrected chi connectivity index (χ0v) is 93.9. The predicted molar refractivity (Wildman–Crippen MR) is 581 cm³/mol. The van der Waals surface area contributed by atoms with Crippen LogP contribution in [0.25, 0.3) is 24.3 Å². The molecule has 4 spiro atoms. The van der Waals surface area contributed by atoms with Gasteiger partial charge in [0.05, 0.1) is 0 Å². The van der Waals surface area contributed by atoms with Crippen LogP contribution in [0.15, 0.2) is 308 Å². The Morgan fingerprint density at radius 2 is 0.420 bits per heavy atom. The van der Waals surface area contributed by atoms with Gasteiger partial charge in [-0.2, -0.15) is 0 Å². The van der Waals surface area contributed by atoms with Crippen LogP contribution in [0, 0.1) is 0 Å². The summed E-state index contributed by atoms with van der Waals surface area (Å²) in [7, 11) is -3.49. The van der Waals surface area contributed by atoms with E-state index in [0.29, 0.717) is 66.8 Å². The molecule has 138 heavy (non-hydrogen) atoms. The molecule has 8 aromatic heterocycles. The molecule has 28 rings (SSSR count). The van der Waals surface area contributed by atoms with E-state index < -0.39 is 124 Å². The van der Waals surface area contributed by atoms with Crippen molar-refractivity contribution in [1.29, 1.82) is 0 Å². The monoisotopic (exact) mass is 2490 g/mol. The first-order valence-corrected chi connectivity index (χ1v) is 75.6. The van der Waals surface area contributed by atoms with Crippen LogP contribution in [0.3, 0.4) is 0 Å². The molecule has 12 nitrogen and oxygen atoms in total. The molecule has 4 fully saturated rings. The summed E-state index contributed by atoms with van der Waals surface area (Å²) in [5.74, 6) is -0.945. The minimum absolute atomic E-state index is 0.117. The van der Waals surface area contributed by atoms with Crippen molar-refractivity contribution in [3.63, 3.8) is 0 Å². The standard InChI is InChI=1S/C29H23GeNO2STe.C29H23NO2SSiTe.C28H21GeNO2STe.C28H21NO2SSiTe/c32-28-20(29(33)22-18-34-17-21(22)28)16-19-12-13-27(35-19)31-25-10-4-2-8-23(25)30(14-6-1-7-15-30)24-9-3-5-11-26(24)31;31-28-20(29(32)22-18-33-17-21(22)28)16-19-12-13-27(35-19)30-23-8-2-4-10-25(23)34(14-6-1-7-15-34)26-11-5-3-9-24(26)30;31-27-19(28(32)21-17-33-16-20(21)27)15-18-11-12-26(34-18)30-24-9-3-1-7-22(24)29(13-5-6-14-29)23-8-2-4-10-25(23)30;30-27-19(28(31)21-17-32-16-20(21)27)15-18-11-12-26(34-18)29-22-7-1-3-9-24(22)33(13-5-6-14-33)25-10-4-2-8-23(25)29/h2*2-5,8-13,16-18H,1,6-7,14-15H2;2*1-4,7-12,15-17H,5-6,13-14H2. The van der Waals surface area contributed by atoms with Crippen molar-refractivity contribution < 1.29 is 38.4 Å². The Morgan fingerprint density at radius 3 is 0.667 bits per heavy atom. The molecule has 8 aliphatic heterocycles. The third kappa shape index (κ3) is 14.7. The maximum absolute atomic E-state index is 12.8. The molecule has 16 aromatic rings. The van der Waals surface area contributed by atoms with Crippen LogP contribution < -0.4 is 57.9 Å². The van der Waals surface area contributed by atoms with E-state index in [0.717, 1.165) is 14.3 Å². The number of fused-ring (bicyclic) bond motifs is 20. The van der Waals surface area contributed by atoms with Gasteiger partial charge >= 0.3 is 873 Å². The number of Topliss-reactive ketones (excluding diaryl/α,β-unsaturated/α-hetero) is 8. The Hall–Kier alpha value is -9.32. The van der Waals surface area contributed by atoms with Crippen molar-refractivity contribution in [2.24, 2.45) is 0 Å². The Morgan fingerprint density at radius 1 is 0.225 bits per heavy atom. The average Bonchev–Trinajstić information content (AvgIpc) is 1.49. The van der Waals surface area contributed by atoms with E-state index in [1.807, 2.05) is 24.3 Å². The van der Waals surface area contributed by atoms with Crippen molar-refractivity contribution in [3.8, 4) is 0 Å². The Balaban J connectivity index is 0.0000000975. The van der Waals surface area contributed by atoms with Gasteiger partial charge in [-0.25, -0.2) is 0 Å². The number of allylic oxidation sites excluding steroid dienone is 4. The van der Waals surface area contributed by atoms with E-state index >= 15 is 0 Å². The third-order valence-electron chi connectivity index (χ3n) is 30.7. The van der Waals surface area contributed by atoms with Gasteiger partial charge in [0.1, 0.15) is 0 Å². The molecular formula is C114H88Ge2N4O8S4Si2Te4. The summed E-state index contributed by atoms with van der Waals surface area (Å²) < 4.78 is 16.4. The van der Waals surface area contributed by atoms with Crippen LogP contribution in [0.1, 0.15) is 161 Å². The van der Waals surface area contributed by atoms with Gasteiger partial charge < -0.3 is 0 Å². The first-order valence-electron chi connectivity index (χ1n) is 47.5. The molecule has 4 saturated heterocycles. The fraction of sp³-hybridized carbons (Fsp3) is 0.158. The molecule has 4 aliphatic carbocycles. The van der Waals surface area contributed by atoms with Crippen LogP contribution in [-0.2, 0) is 0 Å². The number of benzene rings is 8. The number of anilines is 12. The summed E-state index contributed by atoms with van der Waals surface area (Å²) in [6.07, 6.45) is 21.0. The normalized spacial score (nSPS) is 17.9. The van der Waals surface area contributed by atoms with Crippen molar-refractivity contribution in [2.45, 2.75) is 109 Å². The first kappa shape index (κ1) is 90.0. The summed E-state index contributed by atoms with van der Waals surface area (Å²) in [6.45, 7) is 0. The van der Waals surface area contributed by atoms with Gasteiger partial charge in [-0.05, 0) is 0 Å². The van der Waals surface area contributed by atoms with E-state index in [9.17, 15) is 38.4 Å². The van der Waals surface area contributed by atoms with Crippen LogP contribution in [0.5, 0.6) is 0 Å². The van der Waals surface area contributed by atoms with E-state index in [1.165, 1.54) is 215 Å². The zero-order valence-electron chi connectivity index (χ0n) is 75.1. The number of nitrogens with zero attached hydrogens (tertiary/aromatic N) is 4. The Labute approximate surface area is 862 Å².